The lowest BCUT2D eigenvalue weighted by molar-refractivity contribution is 0.176. The van der Waals surface area contributed by atoms with Crippen LogP contribution in [0.1, 0.15) is 43.9 Å². The molecule has 24 heavy (non-hydrogen) atoms. The maximum absolute atomic E-state index is 6.17. The molecular weight excluding hydrogens is 300 g/mol. The Morgan fingerprint density at radius 1 is 1.08 bits per heavy atom. The summed E-state index contributed by atoms with van der Waals surface area (Å²) < 4.78 is 17.2. The topological polar surface area (TPSA) is 27.7 Å². The zero-order valence-electron chi connectivity index (χ0n) is 14.7. The lowest BCUT2D eigenvalue weighted by Crippen LogP contribution is -2.15. The van der Waals surface area contributed by atoms with Crippen LogP contribution in [-0.2, 0) is 6.42 Å². The van der Waals surface area contributed by atoms with Crippen molar-refractivity contribution in [2.24, 2.45) is 5.92 Å². The van der Waals surface area contributed by atoms with Gasteiger partial charge in [-0.25, -0.2) is 0 Å². The summed E-state index contributed by atoms with van der Waals surface area (Å²) in [6.45, 7) is 5.19. The molecule has 0 fully saturated rings. The van der Waals surface area contributed by atoms with Gasteiger partial charge < -0.3 is 14.2 Å². The number of ether oxygens (including phenoxy) is 3. The minimum absolute atomic E-state index is 0.107. The van der Waals surface area contributed by atoms with E-state index in [1.54, 1.807) is 7.11 Å². The van der Waals surface area contributed by atoms with Crippen molar-refractivity contribution in [1.82, 2.24) is 0 Å². The number of aryl methyl sites for hydroxylation is 1. The van der Waals surface area contributed by atoms with Gasteiger partial charge in [0, 0.05) is 0 Å². The summed E-state index contributed by atoms with van der Waals surface area (Å²) in [5.41, 5.74) is 2.42. The molecule has 0 N–H and O–H groups in total. The highest BCUT2D eigenvalue weighted by Gasteiger charge is 2.21. The molecule has 0 saturated heterocycles. The van der Waals surface area contributed by atoms with E-state index in [-0.39, 0.29) is 6.10 Å². The van der Waals surface area contributed by atoms with E-state index in [1.165, 1.54) is 11.1 Å². The fourth-order valence-corrected chi connectivity index (χ4v) is 2.92. The Morgan fingerprint density at radius 2 is 1.83 bits per heavy atom. The molecule has 0 aliphatic carbocycles. The maximum atomic E-state index is 6.17. The molecule has 2 aromatic carbocycles. The molecule has 2 aromatic rings. The average molecular weight is 326 g/mol. The van der Waals surface area contributed by atoms with Crippen LogP contribution < -0.4 is 14.2 Å². The largest absolute Gasteiger partial charge is 0.497 e. The molecule has 3 nitrogen and oxygen atoms in total. The maximum Gasteiger partial charge on any atom is 0.124 e. The number of methoxy groups -OCH3 is 1. The van der Waals surface area contributed by atoms with Crippen molar-refractivity contribution in [3.63, 3.8) is 0 Å². The van der Waals surface area contributed by atoms with E-state index < -0.39 is 0 Å². The zero-order valence-corrected chi connectivity index (χ0v) is 14.7. The second-order valence-electron chi connectivity index (χ2n) is 6.72. The van der Waals surface area contributed by atoms with Crippen molar-refractivity contribution in [2.45, 2.75) is 39.2 Å². The molecule has 128 valence electrons. The predicted octanol–water partition coefficient (Wildman–Crippen LogP) is 5.19. The molecule has 3 rings (SSSR count). The van der Waals surface area contributed by atoms with Crippen molar-refractivity contribution in [3.05, 3.63) is 53.6 Å². The van der Waals surface area contributed by atoms with Crippen LogP contribution in [0, 0.1) is 5.92 Å². The van der Waals surface area contributed by atoms with E-state index in [9.17, 15) is 0 Å². The van der Waals surface area contributed by atoms with Crippen molar-refractivity contribution < 1.29 is 14.2 Å². The lowest BCUT2D eigenvalue weighted by atomic mass is 9.97. The molecule has 1 atom stereocenters. The number of fused-ring (bicyclic) bond motifs is 1. The normalized spacial score (nSPS) is 16.4. The Bertz CT molecular complexity index is 661. The van der Waals surface area contributed by atoms with Crippen molar-refractivity contribution >= 4 is 0 Å². The van der Waals surface area contributed by atoms with E-state index in [4.69, 9.17) is 14.2 Å². The van der Waals surface area contributed by atoms with Gasteiger partial charge in [0.2, 0.25) is 0 Å². The Balaban J connectivity index is 1.63. The van der Waals surface area contributed by atoms with E-state index in [1.807, 2.05) is 24.3 Å². The first-order valence-electron chi connectivity index (χ1n) is 8.72. The second kappa shape index (κ2) is 7.61. The summed E-state index contributed by atoms with van der Waals surface area (Å²) in [6, 6.07) is 14.3. The van der Waals surface area contributed by atoms with Gasteiger partial charge in [-0.2, -0.15) is 0 Å². The fraction of sp³-hybridized carbons (Fsp3) is 0.429. The van der Waals surface area contributed by atoms with Gasteiger partial charge in [-0.1, -0.05) is 26.0 Å². The van der Waals surface area contributed by atoms with Crippen molar-refractivity contribution in [1.29, 1.82) is 0 Å². The van der Waals surface area contributed by atoms with Gasteiger partial charge in [0.25, 0.3) is 0 Å². The van der Waals surface area contributed by atoms with Gasteiger partial charge in [0.1, 0.15) is 23.4 Å². The van der Waals surface area contributed by atoms with Crippen molar-refractivity contribution in [2.75, 3.05) is 13.7 Å². The first kappa shape index (κ1) is 16.7. The van der Waals surface area contributed by atoms with Crippen LogP contribution >= 0.6 is 0 Å². The Labute approximate surface area is 144 Å². The fourth-order valence-electron chi connectivity index (χ4n) is 2.92. The number of hydrogen-bond donors (Lipinski definition) is 0. The average Bonchev–Trinajstić information content (AvgIpc) is 2.61. The number of rotatable bonds is 6. The van der Waals surface area contributed by atoms with Crippen LogP contribution in [0.5, 0.6) is 17.2 Å². The van der Waals surface area contributed by atoms with Gasteiger partial charge in [0.05, 0.1) is 13.7 Å². The highest BCUT2D eigenvalue weighted by molar-refractivity contribution is 5.42. The van der Waals surface area contributed by atoms with Crippen LogP contribution in [0.3, 0.4) is 0 Å². The summed E-state index contributed by atoms with van der Waals surface area (Å²) in [4.78, 5) is 0. The third kappa shape index (κ3) is 4.02. The summed E-state index contributed by atoms with van der Waals surface area (Å²) in [5, 5.41) is 0. The molecule has 1 unspecified atom stereocenters. The quantitative estimate of drug-likeness (QED) is 0.731. The van der Waals surface area contributed by atoms with Crippen LogP contribution in [0.4, 0.5) is 0 Å². The number of benzene rings is 2. The summed E-state index contributed by atoms with van der Waals surface area (Å²) in [5.74, 6) is 3.45. The summed E-state index contributed by atoms with van der Waals surface area (Å²) >= 11 is 0. The van der Waals surface area contributed by atoms with Crippen LogP contribution in [0.25, 0.3) is 0 Å². The van der Waals surface area contributed by atoms with Crippen LogP contribution in [0.15, 0.2) is 42.5 Å². The monoisotopic (exact) mass is 326 g/mol. The molecule has 1 aliphatic rings. The first-order chi connectivity index (χ1) is 11.7. The SMILES string of the molecule is COc1ccc2c(c1)CCC(c1ccc(OCCC(C)C)cc1)O2. The van der Waals surface area contributed by atoms with Crippen molar-refractivity contribution in [3.8, 4) is 17.2 Å². The molecule has 0 aromatic heterocycles. The van der Waals surface area contributed by atoms with E-state index in [0.29, 0.717) is 5.92 Å². The van der Waals surface area contributed by atoms with Gasteiger partial charge in [-0.3, -0.25) is 0 Å². The van der Waals surface area contributed by atoms with Gasteiger partial charge in [-0.05, 0) is 66.6 Å². The first-order valence-corrected chi connectivity index (χ1v) is 8.72. The van der Waals surface area contributed by atoms with E-state index >= 15 is 0 Å². The second-order valence-corrected chi connectivity index (χ2v) is 6.72. The molecular formula is C21H26O3. The Hall–Kier alpha value is -2.16. The molecule has 0 saturated carbocycles. The molecule has 1 heterocycles. The summed E-state index contributed by atoms with van der Waals surface area (Å²) in [6.07, 6.45) is 3.17. The van der Waals surface area contributed by atoms with Gasteiger partial charge in [0.15, 0.2) is 0 Å². The molecule has 0 amide bonds. The highest BCUT2D eigenvalue weighted by Crippen LogP contribution is 2.37. The minimum atomic E-state index is 0.107. The summed E-state index contributed by atoms with van der Waals surface area (Å²) in [7, 11) is 1.69. The predicted molar refractivity (Wildman–Crippen MR) is 96.1 cm³/mol. The lowest BCUT2D eigenvalue weighted by Gasteiger charge is -2.26. The molecule has 0 radical (unpaired) electrons. The van der Waals surface area contributed by atoms with Gasteiger partial charge in [-0.15, -0.1) is 0 Å². The van der Waals surface area contributed by atoms with Gasteiger partial charge >= 0.3 is 0 Å². The third-order valence-electron chi connectivity index (χ3n) is 4.43. The molecule has 0 bridgehead atoms. The van der Waals surface area contributed by atoms with Crippen LogP contribution in [0.2, 0.25) is 0 Å². The smallest absolute Gasteiger partial charge is 0.124 e. The Kier molecular flexibility index (Phi) is 5.29. The standard InChI is InChI=1S/C21H26O3/c1-15(2)12-13-23-18-7-4-16(5-8-18)20-10-6-17-14-19(22-3)9-11-21(17)24-20/h4-5,7-9,11,14-15,20H,6,10,12-13H2,1-3H3. The minimum Gasteiger partial charge on any atom is -0.497 e. The van der Waals surface area contributed by atoms with E-state index in [0.717, 1.165) is 43.1 Å². The molecule has 3 heteroatoms. The third-order valence-corrected chi connectivity index (χ3v) is 4.43. The van der Waals surface area contributed by atoms with E-state index in [2.05, 4.69) is 32.0 Å². The highest BCUT2D eigenvalue weighted by atomic mass is 16.5. The Morgan fingerprint density at radius 3 is 2.54 bits per heavy atom. The molecule has 1 aliphatic heterocycles. The number of hydrogen-bond acceptors (Lipinski definition) is 3. The zero-order chi connectivity index (χ0) is 16.9. The van der Waals surface area contributed by atoms with Crippen LogP contribution in [-0.4, -0.2) is 13.7 Å². The molecule has 0 spiro atoms.